The zero-order valence-electron chi connectivity index (χ0n) is 11.7. The minimum absolute atomic E-state index is 0.504. The van der Waals surface area contributed by atoms with E-state index in [1.807, 2.05) is 12.1 Å². The van der Waals surface area contributed by atoms with Gasteiger partial charge in [0.15, 0.2) is 0 Å². The Bertz CT molecular complexity index is 405. The molecule has 0 aliphatic carbocycles. The van der Waals surface area contributed by atoms with Gasteiger partial charge in [-0.15, -0.1) is 0 Å². The van der Waals surface area contributed by atoms with E-state index in [-0.39, 0.29) is 0 Å². The number of nitrogens with two attached hydrogens (primary N) is 1. The molecule has 3 heteroatoms. The first kappa shape index (κ1) is 13.2. The first-order chi connectivity index (χ1) is 8.48. The van der Waals surface area contributed by atoms with Gasteiger partial charge >= 0.3 is 0 Å². The quantitative estimate of drug-likeness (QED) is 0.836. The molecular weight excluding hydrogens is 224 g/mol. The number of ether oxygens (including phenoxy) is 1. The molecule has 1 aromatic rings. The first-order valence-electron chi connectivity index (χ1n) is 6.64. The van der Waals surface area contributed by atoms with Crippen molar-refractivity contribution in [3.63, 3.8) is 0 Å². The van der Waals surface area contributed by atoms with Gasteiger partial charge in [0, 0.05) is 18.3 Å². The van der Waals surface area contributed by atoms with Crippen molar-refractivity contribution in [2.24, 2.45) is 5.41 Å². The van der Waals surface area contributed by atoms with E-state index in [1.54, 1.807) is 7.11 Å². The summed E-state index contributed by atoms with van der Waals surface area (Å²) < 4.78 is 5.26. The van der Waals surface area contributed by atoms with Gasteiger partial charge in [-0.1, -0.05) is 13.8 Å². The molecule has 0 spiro atoms. The Hall–Kier alpha value is -1.22. The molecule has 1 heterocycles. The Morgan fingerprint density at radius 2 is 1.89 bits per heavy atom. The van der Waals surface area contributed by atoms with Crippen molar-refractivity contribution in [2.45, 2.75) is 33.2 Å². The fourth-order valence-electron chi connectivity index (χ4n) is 2.47. The van der Waals surface area contributed by atoms with Crippen molar-refractivity contribution in [1.82, 2.24) is 4.90 Å². The molecule has 1 fully saturated rings. The van der Waals surface area contributed by atoms with Gasteiger partial charge in [-0.05, 0) is 49.0 Å². The molecule has 100 valence electrons. The summed E-state index contributed by atoms with van der Waals surface area (Å²) in [5, 5.41) is 0. The van der Waals surface area contributed by atoms with E-state index in [0.29, 0.717) is 5.41 Å². The Balaban J connectivity index is 2.00. The Morgan fingerprint density at radius 3 is 2.50 bits per heavy atom. The van der Waals surface area contributed by atoms with Crippen LogP contribution in [0.15, 0.2) is 18.2 Å². The molecule has 0 unspecified atom stereocenters. The van der Waals surface area contributed by atoms with Crippen molar-refractivity contribution in [3.8, 4) is 5.75 Å². The van der Waals surface area contributed by atoms with E-state index in [9.17, 15) is 0 Å². The molecule has 0 saturated carbocycles. The zero-order chi connectivity index (χ0) is 13.2. The van der Waals surface area contributed by atoms with Crippen LogP contribution in [0.25, 0.3) is 0 Å². The predicted octanol–water partition coefficient (Wildman–Crippen LogP) is 2.90. The molecule has 18 heavy (non-hydrogen) atoms. The average Bonchev–Trinajstić information content (AvgIpc) is 2.31. The Morgan fingerprint density at radius 1 is 1.22 bits per heavy atom. The highest BCUT2D eigenvalue weighted by atomic mass is 16.5. The summed E-state index contributed by atoms with van der Waals surface area (Å²) in [5.41, 5.74) is 8.41. The minimum Gasteiger partial charge on any atom is -0.497 e. The third-order valence-electron chi connectivity index (χ3n) is 3.84. The number of hydrogen-bond donors (Lipinski definition) is 1. The molecule has 0 radical (unpaired) electrons. The van der Waals surface area contributed by atoms with Gasteiger partial charge in [0.05, 0.1) is 7.11 Å². The number of likely N-dealkylation sites (tertiary alicyclic amines) is 1. The Kier molecular flexibility index (Phi) is 3.81. The van der Waals surface area contributed by atoms with Gasteiger partial charge < -0.3 is 10.5 Å². The summed E-state index contributed by atoms with van der Waals surface area (Å²) in [5.74, 6) is 0.849. The van der Waals surface area contributed by atoms with Gasteiger partial charge in [-0.2, -0.15) is 0 Å². The summed E-state index contributed by atoms with van der Waals surface area (Å²) in [6.45, 7) is 8.02. The lowest BCUT2D eigenvalue weighted by Crippen LogP contribution is -2.36. The third kappa shape index (κ3) is 3.39. The zero-order valence-corrected chi connectivity index (χ0v) is 11.7. The maximum atomic E-state index is 5.88. The molecule has 2 N–H and O–H groups in total. The number of nitrogen functional groups attached to an aromatic ring is 1. The summed E-state index contributed by atoms with van der Waals surface area (Å²) >= 11 is 0. The number of anilines is 1. The van der Waals surface area contributed by atoms with Crippen LogP contribution < -0.4 is 10.5 Å². The summed E-state index contributed by atoms with van der Waals surface area (Å²) in [6.07, 6.45) is 2.54. The molecule has 1 aromatic carbocycles. The second-order valence-electron chi connectivity index (χ2n) is 6.05. The first-order valence-corrected chi connectivity index (χ1v) is 6.64. The maximum absolute atomic E-state index is 5.88. The van der Waals surface area contributed by atoms with Crippen LogP contribution in [-0.4, -0.2) is 25.1 Å². The number of methoxy groups -OCH3 is 1. The third-order valence-corrected chi connectivity index (χ3v) is 3.84. The van der Waals surface area contributed by atoms with Gasteiger partial charge in [-0.25, -0.2) is 0 Å². The van der Waals surface area contributed by atoms with Gasteiger partial charge in [-0.3, -0.25) is 4.90 Å². The number of hydrogen-bond acceptors (Lipinski definition) is 3. The second-order valence-corrected chi connectivity index (χ2v) is 6.05. The van der Waals surface area contributed by atoms with Crippen molar-refractivity contribution < 1.29 is 4.74 Å². The van der Waals surface area contributed by atoms with Gasteiger partial charge in [0.1, 0.15) is 5.75 Å². The average molecular weight is 248 g/mol. The van der Waals surface area contributed by atoms with Crippen molar-refractivity contribution in [2.75, 3.05) is 25.9 Å². The molecule has 1 saturated heterocycles. The van der Waals surface area contributed by atoms with Crippen LogP contribution >= 0.6 is 0 Å². The second kappa shape index (κ2) is 5.19. The minimum atomic E-state index is 0.504. The number of nitrogens with zero attached hydrogens (tertiary/aromatic N) is 1. The van der Waals surface area contributed by atoms with E-state index in [4.69, 9.17) is 10.5 Å². The van der Waals surface area contributed by atoms with Crippen molar-refractivity contribution >= 4 is 5.69 Å². The highest BCUT2D eigenvalue weighted by Crippen LogP contribution is 2.30. The van der Waals surface area contributed by atoms with E-state index in [0.717, 1.165) is 18.0 Å². The molecule has 0 aromatic heterocycles. The largest absolute Gasteiger partial charge is 0.497 e. The topological polar surface area (TPSA) is 38.5 Å². The Labute approximate surface area is 110 Å². The summed E-state index contributed by atoms with van der Waals surface area (Å²) in [6, 6.07) is 5.99. The lowest BCUT2D eigenvalue weighted by Gasteiger charge is -2.37. The molecule has 0 atom stereocenters. The van der Waals surface area contributed by atoms with Crippen molar-refractivity contribution in [1.29, 1.82) is 0 Å². The predicted molar refractivity (Wildman–Crippen MR) is 75.7 cm³/mol. The van der Waals surface area contributed by atoms with Crippen LogP contribution in [0.2, 0.25) is 0 Å². The summed E-state index contributed by atoms with van der Waals surface area (Å²) in [7, 11) is 1.68. The highest BCUT2D eigenvalue weighted by Gasteiger charge is 2.25. The molecular formula is C15H24N2O. The van der Waals surface area contributed by atoms with Crippen LogP contribution in [-0.2, 0) is 6.54 Å². The van der Waals surface area contributed by atoms with Crippen LogP contribution in [0.4, 0.5) is 5.69 Å². The monoisotopic (exact) mass is 248 g/mol. The fraction of sp³-hybridized carbons (Fsp3) is 0.600. The number of benzene rings is 1. The molecule has 1 aliphatic rings. The highest BCUT2D eigenvalue weighted by molar-refractivity contribution is 5.47. The normalized spacial score (nSPS) is 19.7. The number of rotatable bonds is 3. The van der Waals surface area contributed by atoms with Gasteiger partial charge in [0.25, 0.3) is 0 Å². The molecule has 0 bridgehead atoms. The van der Waals surface area contributed by atoms with E-state index >= 15 is 0 Å². The molecule has 2 rings (SSSR count). The number of piperidine rings is 1. The van der Waals surface area contributed by atoms with Crippen LogP contribution in [0.3, 0.4) is 0 Å². The maximum Gasteiger partial charge on any atom is 0.121 e. The lowest BCUT2D eigenvalue weighted by atomic mass is 9.82. The summed E-state index contributed by atoms with van der Waals surface area (Å²) in [4.78, 5) is 2.50. The standard InChI is InChI=1S/C15H24N2O/c1-15(2)4-6-17(7-5-15)11-12-8-13(16)10-14(9-12)18-3/h8-10H,4-7,11,16H2,1-3H3. The SMILES string of the molecule is COc1cc(N)cc(CN2CCC(C)(C)CC2)c1. The van der Waals surface area contributed by atoms with Crippen LogP contribution in [0.5, 0.6) is 5.75 Å². The van der Waals surface area contributed by atoms with Crippen LogP contribution in [0.1, 0.15) is 32.3 Å². The van der Waals surface area contributed by atoms with Gasteiger partial charge in [0.2, 0.25) is 0 Å². The smallest absolute Gasteiger partial charge is 0.121 e. The molecule has 3 nitrogen and oxygen atoms in total. The van der Waals surface area contributed by atoms with E-state index in [2.05, 4.69) is 24.8 Å². The molecule has 0 amide bonds. The van der Waals surface area contributed by atoms with Crippen LogP contribution in [0, 0.1) is 5.41 Å². The molecule has 1 aliphatic heterocycles. The van der Waals surface area contributed by atoms with Crippen molar-refractivity contribution in [3.05, 3.63) is 23.8 Å². The van der Waals surface area contributed by atoms with E-state index < -0.39 is 0 Å². The fourth-order valence-corrected chi connectivity index (χ4v) is 2.47. The van der Waals surface area contributed by atoms with E-state index in [1.165, 1.54) is 31.5 Å². The lowest BCUT2D eigenvalue weighted by molar-refractivity contribution is 0.127.